The number of halogens is 1. The SMILES string of the molecule is N#Cc1ccc(OCc2noc(-c3ccc(F)cc3)n2)cc1. The summed E-state index contributed by atoms with van der Waals surface area (Å²) < 4.78 is 23.5. The van der Waals surface area contributed by atoms with Gasteiger partial charge in [-0.15, -0.1) is 0 Å². The monoisotopic (exact) mass is 295 g/mol. The van der Waals surface area contributed by atoms with Crippen molar-refractivity contribution in [2.75, 3.05) is 0 Å². The maximum absolute atomic E-state index is 12.9. The molecule has 0 N–H and O–H groups in total. The van der Waals surface area contributed by atoms with Crippen molar-refractivity contribution in [1.29, 1.82) is 5.26 Å². The van der Waals surface area contributed by atoms with Crippen LogP contribution in [-0.4, -0.2) is 10.1 Å². The quantitative estimate of drug-likeness (QED) is 0.738. The van der Waals surface area contributed by atoms with Crippen molar-refractivity contribution in [2.45, 2.75) is 6.61 Å². The lowest BCUT2D eigenvalue weighted by molar-refractivity contribution is 0.287. The third-order valence-electron chi connectivity index (χ3n) is 2.91. The molecule has 3 aromatic rings. The van der Waals surface area contributed by atoms with E-state index in [4.69, 9.17) is 14.5 Å². The van der Waals surface area contributed by atoms with Crippen LogP contribution >= 0.6 is 0 Å². The minimum atomic E-state index is -0.326. The van der Waals surface area contributed by atoms with E-state index in [9.17, 15) is 4.39 Å². The van der Waals surface area contributed by atoms with Crippen LogP contribution in [0.4, 0.5) is 4.39 Å². The molecule has 0 spiro atoms. The van der Waals surface area contributed by atoms with E-state index in [-0.39, 0.29) is 12.4 Å². The Kier molecular flexibility index (Phi) is 3.79. The van der Waals surface area contributed by atoms with Gasteiger partial charge in [-0.2, -0.15) is 10.2 Å². The molecule has 108 valence electrons. The molecule has 0 fully saturated rings. The number of rotatable bonds is 4. The number of ether oxygens (including phenoxy) is 1. The van der Waals surface area contributed by atoms with Gasteiger partial charge in [-0.05, 0) is 48.5 Å². The Balaban J connectivity index is 1.66. The van der Waals surface area contributed by atoms with E-state index in [2.05, 4.69) is 10.1 Å². The lowest BCUT2D eigenvalue weighted by Crippen LogP contribution is -1.97. The molecule has 0 unspecified atom stereocenters. The Bertz CT molecular complexity index is 805. The summed E-state index contributed by atoms with van der Waals surface area (Å²) in [5.74, 6) is 0.960. The first kappa shape index (κ1) is 13.8. The molecule has 22 heavy (non-hydrogen) atoms. The zero-order valence-electron chi connectivity index (χ0n) is 11.4. The Hall–Kier alpha value is -3.20. The molecule has 0 radical (unpaired) electrons. The molecule has 2 aromatic carbocycles. The second kappa shape index (κ2) is 6.06. The maximum Gasteiger partial charge on any atom is 0.258 e. The predicted molar refractivity (Wildman–Crippen MR) is 75.2 cm³/mol. The van der Waals surface area contributed by atoms with Crippen LogP contribution in [0, 0.1) is 17.1 Å². The van der Waals surface area contributed by atoms with Crippen molar-refractivity contribution < 1.29 is 13.7 Å². The summed E-state index contributed by atoms with van der Waals surface area (Å²) in [6, 6.07) is 14.5. The Morgan fingerprint density at radius 2 is 1.82 bits per heavy atom. The molecule has 0 saturated carbocycles. The van der Waals surface area contributed by atoms with Crippen LogP contribution in [0.1, 0.15) is 11.4 Å². The Morgan fingerprint density at radius 1 is 1.09 bits per heavy atom. The van der Waals surface area contributed by atoms with Gasteiger partial charge in [-0.3, -0.25) is 0 Å². The van der Waals surface area contributed by atoms with Crippen molar-refractivity contribution in [3.63, 3.8) is 0 Å². The highest BCUT2D eigenvalue weighted by molar-refractivity contribution is 5.52. The van der Waals surface area contributed by atoms with Crippen LogP contribution in [0.3, 0.4) is 0 Å². The van der Waals surface area contributed by atoms with Gasteiger partial charge in [0.1, 0.15) is 11.6 Å². The smallest absolute Gasteiger partial charge is 0.258 e. The number of hydrogen-bond donors (Lipinski definition) is 0. The van der Waals surface area contributed by atoms with E-state index >= 15 is 0 Å². The zero-order valence-corrected chi connectivity index (χ0v) is 11.4. The molecule has 0 bridgehead atoms. The molecule has 0 amide bonds. The fourth-order valence-electron chi connectivity index (χ4n) is 1.80. The first-order chi connectivity index (χ1) is 10.7. The average molecular weight is 295 g/mol. The number of benzene rings is 2. The molecular formula is C16H10FN3O2. The van der Waals surface area contributed by atoms with Crippen LogP contribution in [0.15, 0.2) is 53.1 Å². The highest BCUT2D eigenvalue weighted by Crippen LogP contribution is 2.18. The summed E-state index contributed by atoms with van der Waals surface area (Å²) in [6.07, 6.45) is 0. The summed E-state index contributed by atoms with van der Waals surface area (Å²) in [7, 11) is 0. The minimum Gasteiger partial charge on any atom is -0.485 e. The van der Waals surface area contributed by atoms with Gasteiger partial charge in [0.05, 0.1) is 11.6 Å². The summed E-state index contributed by atoms with van der Waals surface area (Å²) >= 11 is 0. The molecule has 1 heterocycles. The van der Waals surface area contributed by atoms with Crippen LogP contribution < -0.4 is 4.74 Å². The predicted octanol–water partition coefficient (Wildman–Crippen LogP) is 3.33. The van der Waals surface area contributed by atoms with Crippen molar-refractivity contribution in [1.82, 2.24) is 10.1 Å². The molecule has 0 atom stereocenters. The fourth-order valence-corrected chi connectivity index (χ4v) is 1.80. The van der Waals surface area contributed by atoms with Gasteiger partial charge in [0.2, 0.25) is 5.82 Å². The Morgan fingerprint density at radius 3 is 2.50 bits per heavy atom. The first-order valence-electron chi connectivity index (χ1n) is 6.46. The van der Waals surface area contributed by atoms with Gasteiger partial charge in [0, 0.05) is 5.56 Å². The summed E-state index contributed by atoms with van der Waals surface area (Å²) in [5, 5.41) is 12.5. The van der Waals surface area contributed by atoms with E-state index in [1.165, 1.54) is 12.1 Å². The first-order valence-corrected chi connectivity index (χ1v) is 6.46. The zero-order chi connectivity index (χ0) is 15.4. The van der Waals surface area contributed by atoms with Gasteiger partial charge < -0.3 is 9.26 Å². The lowest BCUT2D eigenvalue weighted by Gasteiger charge is -2.02. The summed E-state index contributed by atoms with van der Waals surface area (Å²) in [5.41, 5.74) is 1.20. The van der Waals surface area contributed by atoms with Crippen LogP contribution in [0.25, 0.3) is 11.5 Å². The third-order valence-corrected chi connectivity index (χ3v) is 2.91. The highest BCUT2D eigenvalue weighted by atomic mass is 19.1. The number of nitrogens with zero attached hydrogens (tertiary/aromatic N) is 3. The van der Waals surface area contributed by atoms with E-state index in [1.807, 2.05) is 6.07 Å². The van der Waals surface area contributed by atoms with E-state index < -0.39 is 0 Å². The molecule has 5 nitrogen and oxygen atoms in total. The lowest BCUT2D eigenvalue weighted by atomic mass is 10.2. The molecule has 0 aliphatic heterocycles. The normalized spacial score (nSPS) is 10.2. The number of hydrogen-bond acceptors (Lipinski definition) is 5. The van der Waals surface area contributed by atoms with Gasteiger partial charge in [0.15, 0.2) is 6.61 Å². The highest BCUT2D eigenvalue weighted by Gasteiger charge is 2.09. The number of nitriles is 1. The number of aromatic nitrogens is 2. The van der Waals surface area contributed by atoms with Crippen LogP contribution in [-0.2, 0) is 6.61 Å². The molecular weight excluding hydrogens is 285 g/mol. The summed E-state index contributed by atoms with van der Waals surface area (Å²) in [4.78, 5) is 4.18. The van der Waals surface area contributed by atoms with Gasteiger partial charge in [-0.1, -0.05) is 5.16 Å². The van der Waals surface area contributed by atoms with Crippen molar-refractivity contribution in [2.24, 2.45) is 0 Å². The second-order valence-corrected chi connectivity index (χ2v) is 4.45. The Labute approximate surface area is 125 Å². The minimum absolute atomic E-state index is 0.136. The van der Waals surface area contributed by atoms with E-state index in [1.54, 1.807) is 36.4 Å². The molecule has 0 aliphatic rings. The molecule has 6 heteroatoms. The second-order valence-electron chi connectivity index (χ2n) is 4.45. The maximum atomic E-state index is 12.9. The fraction of sp³-hybridized carbons (Fsp3) is 0.0625. The van der Waals surface area contributed by atoms with Crippen LogP contribution in [0.2, 0.25) is 0 Å². The largest absolute Gasteiger partial charge is 0.485 e. The van der Waals surface area contributed by atoms with Crippen molar-refractivity contribution in [3.05, 3.63) is 65.7 Å². The third kappa shape index (κ3) is 3.10. The van der Waals surface area contributed by atoms with Crippen LogP contribution in [0.5, 0.6) is 5.75 Å². The average Bonchev–Trinajstić information content (AvgIpc) is 3.03. The topological polar surface area (TPSA) is 71.9 Å². The molecule has 3 rings (SSSR count). The molecule has 0 saturated heterocycles. The van der Waals surface area contributed by atoms with E-state index in [0.717, 1.165) is 0 Å². The van der Waals surface area contributed by atoms with Gasteiger partial charge in [0.25, 0.3) is 5.89 Å². The standard InChI is InChI=1S/C16H10FN3O2/c17-13-5-3-12(4-6-13)16-19-15(20-22-16)10-21-14-7-1-11(9-18)2-8-14/h1-8H,10H2. The summed E-state index contributed by atoms with van der Waals surface area (Å²) in [6.45, 7) is 0.136. The van der Waals surface area contributed by atoms with Crippen molar-refractivity contribution >= 4 is 0 Å². The van der Waals surface area contributed by atoms with Gasteiger partial charge in [-0.25, -0.2) is 4.39 Å². The van der Waals surface area contributed by atoms with Gasteiger partial charge >= 0.3 is 0 Å². The molecule has 1 aromatic heterocycles. The van der Waals surface area contributed by atoms with E-state index in [0.29, 0.717) is 28.6 Å². The molecule has 0 aliphatic carbocycles. The van der Waals surface area contributed by atoms with Crippen molar-refractivity contribution in [3.8, 4) is 23.3 Å².